The number of hydrogen-bond donors (Lipinski definition) is 1. The molecule has 1 heterocycles. The molecule has 0 unspecified atom stereocenters. The minimum atomic E-state index is 0.379. The fourth-order valence-corrected chi connectivity index (χ4v) is 2.56. The second-order valence-corrected chi connectivity index (χ2v) is 5.13. The van der Waals surface area contributed by atoms with E-state index in [1.807, 2.05) is 42.5 Å². The molecule has 0 aliphatic rings. The van der Waals surface area contributed by atoms with E-state index >= 15 is 0 Å². The van der Waals surface area contributed by atoms with Gasteiger partial charge in [0.15, 0.2) is 0 Å². The minimum absolute atomic E-state index is 0.379. The third kappa shape index (κ3) is 2.47. The molecule has 0 aliphatic heterocycles. The van der Waals surface area contributed by atoms with Gasteiger partial charge in [-0.15, -0.1) is 0 Å². The molecule has 21 heavy (non-hydrogen) atoms. The highest BCUT2D eigenvalue weighted by Gasteiger charge is 2.12. The van der Waals surface area contributed by atoms with Crippen LogP contribution in [-0.2, 0) is 6.54 Å². The Morgan fingerprint density at radius 3 is 2.67 bits per heavy atom. The first-order valence-electron chi connectivity index (χ1n) is 6.51. The van der Waals surface area contributed by atoms with Gasteiger partial charge in [-0.05, 0) is 35.4 Å². The molecule has 0 spiro atoms. The van der Waals surface area contributed by atoms with Crippen LogP contribution in [0.25, 0.3) is 22.0 Å². The zero-order valence-electron chi connectivity index (χ0n) is 11.2. The lowest BCUT2D eigenvalue weighted by Gasteiger charge is -2.11. The first-order valence-corrected chi connectivity index (χ1v) is 6.89. The van der Waals surface area contributed by atoms with E-state index in [0.717, 1.165) is 27.6 Å². The molecule has 0 amide bonds. The predicted molar refractivity (Wildman–Crippen MR) is 84.8 cm³/mol. The van der Waals surface area contributed by atoms with E-state index in [1.165, 1.54) is 0 Å². The van der Waals surface area contributed by atoms with Gasteiger partial charge >= 0.3 is 0 Å². The molecule has 0 aliphatic carbocycles. The van der Waals surface area contributed by atoms with Crippen molar-refractivity contribution < 1.29 is 0 Å². The van der Waals surface area contributed by atoms with Crippen LogP contribution in [0.15, 0.2) is 48.5 Å². The van der Waals surface area contributed by atoms with E-state index in [0.29, 0.717) is 17.3 Å². The molecule has 0 atom stereocenters. The molecular formula is C17H12ClN3. The molecule has 3 rings (SSSR count). The Kier molecular flexibility index (Phi) is 3.57. The monoisotopic (exact) mass is 293 g/mol. The summed E-state index contributed by atoms with van der Waals surface area (Å²) >= 11 is 6.09. The van der Waals surface area contributed by atoms with E-state index in [2.05, 4.69) is 11.1 Å². The third-order valence-electron chi connectivity index (χ3n) is 3.41. The summed E-state index contributed by atoms with van der Waals surface area (Å²) in [7, 11) is 0. The lowest BCUT2D eigenvalue weighted by molar-refractivity contribution is 1.07. The number of benzene rings is 2. The summed E-state index contributed by atoms with van der Waals surface area (Å²) < 4.78 is 0. The van der Waals surface area contributed by atoms with Gasteiger partial charge in [0.25, 0.3) is 0 Å². The molecule has 2 aromatic carbocycles. The van der Waals surface area contributed by atoms with Crippen LogP contribution in [0.5, 0.6) is 0 Å². The summed E-state index contributed by atoms with van der Waals surface area (Å²) in [6, 6.07) is 17.4. The maximum atomic E-state index is 9.40. The molecule has 3 nitrogen and oxygen atoms in total. The molecule has 0 saturated heterocycles. The molecule has 0 radical (unpaired) electrons. The lowest BCUT2D eigenvalue weighted by Crippen LogP contribution is -2.00. The van der Waals surface area contributed by atoms with Crippen molar-refractivity contribution in [1.82, 2.24) is 4.98 Å². The average molecular weight is 294 g/mol. The summed E-state index contributed by atoms with van der Waals surface area (Å²) in [5.41, 5.74) is 9.54. The van der Waals surface area contributed by atoms with Crippen LogP contribution in [0.1, 0.15) is 11.3 Å². The Bertz CT molecular complexity index is 866. The molecule has 0 fully saturated rings. The van der Waals surface area contributed by atoms with Crippen molar-refractivity contribution in [3.63, 3.8) is 0 Å². The number of rotatable bonds is 2. The number of hydrogen-bond acceptors (Lipinski definition) is 3. The fourth-order valence-electron chi connectivity index (χ4n) is 2.38. The number of fused-ring (bicyclic) bond motifs is 1. The molecule has 0 saturated carbocycles. The van der Waals surface area contributed by atoms with Crippen LogP contribution in [0, 0.1) is 11.3 Å². The Hall–Kier alpha value is -2.41. The predicted octanol–water partition coefficient (Wildman–Crippen LogP) is 3.89. The maximum Gasteiger partial charge on any atom is 0.149 e. The highest BCUT2D eigenvalue weighted by molar-refractivity contribution is 6.30. The van der Waals surface area contributed by atoms with Crippen LogP contribution in [-0.4, -0.2) is 4.98 Å². The molecule has 3 aromatic rings. The van der Waals surface area contributed by atoms with Gasteiger partial charge < -0.3 is 5.73 Å². The van der Waals surface area contributed by atoms with Crippen molar-refractivity contribution in [3.8, 4) is 17.2 Å². The Morgan fingerprint density at radius 2 is 1.90 bits per heavy atom. The first-order chi connectivity index (χ1) is 10.2. The first kappa shape index (κ1) is 13.6. The van der Waals surface area contributed by atoms with Gasteiger partial charge in [-0.25, -0.2) is 4.98 Å². The summed E-state index contributed by atoms with van der Waals surface area (Å²) in [5, 5.41) is 11.0. The lowest BCUT2D eigenvalue weighted by atomic mass is 9.97. The summed E-state index contributed by atoms with van der Waals surface area (Å²) in [6.07, 6.45) is 0. The van der Waals surface area contributed by atoms with E-state index in [1.54, 1.807) is 6.07 Å². The molecular weight excluding hydrogens is 282 g/mol. The third-order valence-corrected chi connectivity index (χ3v) is 3.65. The molecule has 4 heteroatoms. The van der Waals surface area contributed by atoms with Crippen LogP contribution < -0.4 is 5.73 Å². The van der Waals surface area contributed by atoms with Crippen LogP contribution in [0.2, 0.25) is 5.02 Å². The fraction of sp³-hybridized carbons (Fsp3) is 0.0588. The highest BCUT2D eigenvalue weighted by Crippen LogP contribution is 2.31. The Labute approximate surface area is 127 Å². The van der Waals surface area contributed by atoms with E-state index in [4.69, 9.17) is 17.3 Å². The van der Waals surface area contributed by atoms with Gasteiger partial charge in [-0.3, -0.25) is 0 Å². The van der Waals surface area contributed by atoms with Crippen molar-refractivity contribution in [1.29, 1.82) is 5.26 Å². The molecule has 0 bridgehead atoms. The van der Waals surface area contributed by atoms with Crippen molar-refractivity contribution in [2.24, 2.45) is 5.73 Å². The topological polar surface area (TPSA) is 62.7 Å². The minimum Gasteiger partial charge on any atom is -0.326 e. The number of pyridine rings is 1. The quantitative estimate of drug-likeness (QED) is 0.780. The van der Waals surface area contributed by atoms with Crippen LogP contribution in [0.3, 0.4) is 0 Å². The van der Waals surface area contributed by atoms with Crippen molar-refractivity contribution in [2.75, 3.05) is 0 Å². The summed E-state index contributed by atoms with van der Waals surface area (Å²) in [5.74, 6) is 0. The molecule has 102 valence electrons. The van der Waals surface area contributed by atoms with Gasteiger partial charge in [-0.2, -0.15) is 5.26 Å². The maximum absolute atomic E-state index is 9.40. The van der Waals surface area contributed by atoms with E-state index in [-0.39, 0.29) is 0 Å². The van der Waals surface area contributed by atoms with Gasteiger partial charge in [-0.1, -0.05) is 35.9 Å². The second-order valence-electron chi connectivity index (χ2n) is 4.69. The van der Waals surface area contributed by atoms with Crippen molar-refractivity contribution in [2.45, 2.75) is 6.54 Å². The number of nitrogens with two attached hydrogens (primary N) is 1. The second kappa shape index (κ2) is 5.53. The zero-order chi connectivity index (χ0) is 14.8. The number of nitrogens with zero attached hydrogens (tertiary/aromatic N) is 2. The van der Waals surface area contributed by atoms with Crippen LogP contribution in [0.4, 0.5) is 0 Å². The SMILES string of the molecule is N#Cc1nc2ccccc2cc1-c1cc(Cl)ccc1CN. The number of aromatic nitrogens is 1. The Morgan fingerprint density at radius 1 is 1.10 bits per heavy atom. The van der Waals surface area contributed by atoms with E-state index in [9.17, 15) is 5.26 Å². The van der Waals surface area contributed by atoms with Crippen molar-refractivity contribution in [3.05, 3.63) is 64.8 Å². The number of nitriles is 1. The Balaban J connectivity index is 2.34. The highest BCUT2D eigenvalue weighted by atomic mass is 35.5. The molecule has 1 aromatic heterocycles. The summed E-state index contributed by atoms with van der Waals surface area (Å²) in [6.45, 7) is 0.379. The average Bonchev–Trinajstić information content (AvgIpc) is 2.53. The largest absolute Gasteiger partial charge is 0.326 e. The van der Waals surface area contributed by atoms with Gasteiger partial charge in [0, 0.05) is 22.5 Å². The zero-order valence-corrected chi connectivity index (χ0v) is 11.9. The van der Waals surface area contributed by atoms with E-state index < -0.39 is 0 Å². The van der Waals surface area contributed by atoms with Crippen LogP contribution >= 0.6 is 11.6 Å². The van der Waals surface area contributed by atoms with Gasteiger partial charge in [0.2, 0.25) is 0 Å². The summed E-state index contributed by atoms with van der Waals surface area (Å²) in [4.78, 5) is 4.43. The normalized spacial score (nSPS) is 10.5. The standard InChI is InChI=1S/C17H12ClN3/c18-13-6-5-12(9-19)14(8-13)15-7-11-3-1-2-4-16(11)21-17(15)10-20/h1-8H,9,19H2. The van der Waals surface area contributed by atoms with Crippen molar-refractivity contribution >= 4 is 22.5 Å². The molecule has 2 N–H and O–H groups in total. The van der Waals surface area contributed by atoms with Gasteiger partial charge in [0.1, 0.15) is 11.8 Å². The smallest absolute Gasteiger partial charge is 0.149 e. The number of para-hydroxylation sites is 1. The van der Waals surface area contributed by atoms with Gasteiger partial charge in [0.05, 0.1) is 5.52 Å². The number of halogens is 1.